The van der Waals surface area contributed by atoms with Crippen LogP contribution >= 0.6 is 0 Å². The van der Waals surface area contributed by atoms with Gasteiger partial charge in [0, 0.05) is 12.5 Å². The Morgan fingerprint density at radius 2 is 1.94 bits per heavy atom. The van der Waals surface area contributed by atoms with Crippen molar-refractivity contribution in [1.82, 2.24) is 4.90 Å². The number of amides is 1. The summed E-state index contributed by atoms with van der Waals surface area (Å²) in [6.45, 7) is 2.63. The molecule has 1 amide bonds. The van der Waals surface area contributed by atoms with Crippen molar-refractivity contribution >= 4 is 5.91 Å². The Morgan fingerprint density at radius 1 is 1.39 bits per heavy atom. The van der Waals surface area contributed by atoms with E-state index in [0.717, 1.165) is 17.7 Å². The summed E-state index contributed by atoms with van der Waals surface area (Å²) in [5, 5.41) is 0. The minimum Gasteiger partial charge on any atom is -0.331 e. The first-order valence-corrected chi connectivity index (χ1v) is 6.31. The average Bonchev–Trinajstić information content (AvgIpc) is 3.07. The molecule has 2 unspecified atom stereocenters. The van der Waals surface area contributed by atoms with Crippen molar-refractivity contribution in [2.45, 2.75) is 45.3 Å². The quantitative estimate of drug-likeness (QED) is 0.800. The Bertz CT molecular complexity index is 290. The topological polar surface area (TPSA) is 46.3 Å². The maximum absolute atomic E-state index is 12.5. The second kappa shape index (κ2) is 5.91. The first-order chi connectivity index (χ1) is 8.24. The normalized spacial score (nSPS) is 19.4. The van der Waals surface area contributed by atoms with E-state index in [1.807, 2.05) is 0 Å². The molecule has 1 saturated carbocycles. The second-order valence-corrected chi connectivity index (χ2v) is 5.26. The standard InChI is InChI=1S/C12H21F3N2O/c1-8(6-16)5-11(18)17(7-12(13,14)15)9(2)10-3-4-10/h8-10H,3-7,16H2,1-2H3. The van der Waals surface area contributed by atoms with Gasteiger partial charge in [0.25, 0.3) is 0 Å². The Morgan fingerprint density at radius 3 is 2.33 bits per heavy atom. The maximum atomic E-state index is 12.5. The highest BCUT2D eigenvalue weighted by atomic mass is 19.4. The molecule has 2 atom stereocenters. The van der Waals surface area contributed by atoms with Crippen LogP contribution < -0.4 is 5.73 Å². The molecular weight excluding hydrogens is 245 g/mol. The summed E-state index contributed by atoms with van der Waals surface area (Å²) in [5.74, 6) is -0.297. The van der Waals surface area contributed by atoms with E-state index >= 15 is 0 Å². The van der Waals surface area contributed by atoms with Gasteiger partial charge < -0.3 is 10.6 Å². The highest BCUT2D eigenvalue weighted by molar-refractivity contribution is 5.77. The molecule has 0 heterocycles. The van der Waals surface area contributed by atoms with Gasteiger partial charge in [-0.25, -0.2) is 0 Å². The summed E-state index contributed by atoms with van der Waals surface area (Å²) < 4.78 is 37.5. The number of hydrogen-bond acceptors (Lipinski definition) is 2. The molecule has 0 aromatic rings. The molecule has 0 bridgehead atoms. The summed E-state index contributed by atoms with van der Waals surface area (Å²) in [7, 11) is 0. The van der Waals surface area contributed by atoms with E-state index in [1.165, 1.54) is 0 Å². The first-order valence-electron chi connectivity index (χ1n) is 6.31. The van der Waals surface area contributed by atoms with Gasteiger partial charge in [-0.05, 0) is 38.1 Å². The molecule has 106 valence electrons. The van der Waals surface area contributed by atoms with Crippen LogP contribution in [-0.4, -0.2) is 36.1 Å². The molecule has 0 radical (unpaired) electrons. The van der Waals surface area contributed by atoms with Crippen LogP contribution in [0, 0.1) is 11.8 Å². The fourth-order valence-corrected chi connectivity index (χ4v) is 1.98. The van der Waals surface area contributed by atoms with Crippen molar-refractivity contribution in [2.24, 2.45) is 17.6 Å². The molecule has 1 aliphatic rings. The molecule has 1 fully saturated rings. The lowest BCUT2D eigenvalue weighted by Crippen LogP contribution is -2.46. The lowest BCUT2D eigenvalue weighted by atomic mass is 10.1. The Balaban J connectivity index is 2.66. The summed E-state index contributed by atoms with van der Waals surface area (Å²) in [4.78, 5) is 12.9. The van der Waals surface area contributed by atoms with Gasteiger partial charge in [-0.1, -0.05) is 6.92 Å². The maximum Gasteiger partial charge on any atom is 0.406 e. The van der Waals surface area contributed by atoms with Crippen LogP contribution in [-0.2, 0) is 4.79 Å². The Labute approximate surface area is 106 Å². The number of hydrogen-bond donors (Lipinski definition) is 1. The van der Waals surface area contributed by atoms with E-state index in [9.17, 15) is 18.0 Å². The minimum absolute atomic E-state index is 0.0837. The number of carbonyl (C=O) groups excluding carboxylic acids is 1. The van der Waals surface area contributed by atoms with Gasteiger partial charge in [-0.15, -0.1) is 0 Å². The number of alkyl halides is 3. The van der Waals surface area contributed by atoms with Gasteiger partial charge in [0.15, 0.2) is 0 Å². The highest BCUT2D eigenvalue weighted by Crippen LogP contribution is 2.36. The lowest BCUT2D eigenvalue weighted by Gasteiger charge is -2.31. The van der Waals surface area contributed by atoms with E-state index in [2.05, 4.69) is 0 Å². The summed E-state index contributed by atoms with van der Waals surface area (Å²) in [6, 6.07) is -0.330. The van der Waals surface area contributed by atoms with Crippen LogP contribution in [0.1, 0.15) is 33.1 Å². The van der Waals surface area contributed by atoms with E-state index in [4.69, 9.17) is 5.73 Å². The number of rotatable bonds is 6. The molecule has 18 heavy (non-hydrogen) atoms. The Hall–Kier alpha value is -0.780. The van der Waals surface area contributed by atoms with Crippen molar-refractivity contribution < 1.29 is 18.0 Å². The lowest BCUT2D eigenvalue weighted by molar-refractivity contribution is -0.166. The molecule has 3 nitrogen and oxygen atoms in total. The van der Waals surface area contributed by atoms with Crippen LogP contribution in [0.3, 0.4) is 0 Å². The number of nitrogens with zero attached hydrogens (tertiary/aromatic N) is 1. The molecule has 6 heteroatoms. The van der Waals surface area contributed by atoms with Gasteiger partial charge >= 0.3 is 6.18 Å². The molecule has 0 saturated heterocycles. The Kier molecular flexibility index (Phi) is 5.01. The van der Waals surface area contributed by atoms with Gasteiger partial charge in [0.1, 0.15) is 6.54 Å². The SMILES string of the molecule is CC(CN)CC(=O)N(CC(F)(F)F)C(C)C1CC1. The summed E-state index contributed by atoms with van der Waals surface area (Å²) in [5.41, 5.74) is 5.40. The number of nitrogens with two attached hydrogens (primary N) is 1. The predicted molar refractivity (Wildman–Crippen MR) is 62.8 cm³/mol. The van der Waals surface area contributed by atoms with Crippen molar-refractivity contribution in [3.05, 3.63) is 0 Å². The average molecular weight is 266 g/mol. The number of halogens is 3. The second-order valence-electron chi connectivity index (χ2n) is 5.26. The van der Waals surface area contributed by atoms with Gasteiger partial charge in [-0.3, -0.25) is 4.79 Å². The molecule has 0 spiro atoms. The zero-order valence-electron chi connectivity index (χ0n) is 10.8. The smallest absolute Gasteiger partial charge is 0.331 e. The third-order valence-corrected chi connectivity index (χ3v) is 3.39. The third kappa shape index (κ3) is 4.84. The molecule has 2 N–H and O–H groups in total. The van der Waals surface area contributed by atoms with Crippen LogP contribution in [0.2, 0.25) is 0 Å². The fraction of sp³-hybridized carbons (Fsp3) is 0.917. The van der Waals surface area contributed by atoms with Crippen molar-refractivity contribution in [3.63, 3.8) is 0 Å². The highest BCUT2D eigenvalue weighted by Gasteiger charge is 2.40. The third-order valence-electron chi connectivity index (χ3n) is 3.39. The van der Waals surface area contributed by atoms with Crippen LogP contribution in [0.15, 0.2) is 0 Å². The van der Waals surface area contributed by atoms with Crippen LogP contribution in [0.5, 0.6) is 0 Å². The zero-order chi connectivity index (χ0) is 13.9. The molecule has 1 rings (SSSR count). The van der Waals surface area contributed by atoms with Crippen molar-refractivity contribution in [2.75, 3.05) is 13.1 Å². The minimum atomic E-state index is -4.34. The van der Waals surface area contributed by atoms with E-state index in [-0.39, 0.29) is 24.3 Å². The monoisotopic (exact) mass is 266 g/mol. The van der Waals surface area contributed by atoms with E-state index in [1.54, 1.807) is 13.8 Å². The molecule has 0 aromatic heterocycles. The van der Waals surface area contributed by atoms with Gasteiger partial charge in [-0.2, -0.15) is 13.2 Å². The summed E-state index contributed by atoms with van der Waals surface area (Å²) >= 11 is 0. The predicted octanol–water partition coefficient (Wildman–Crippen LogP) is 2.16. The van der Waals surface area contributed by atoms with Crippen LogP contribution in [0.4, 0.5) is 13.2 Å². The zero-order valence-corrected chi connectivity index (χ0v) is 10.8. The van der Waals surface area contributed by atoms with E-state index in [0.29, 0.717) is 6.54 Å². The fourth-order valence-electron chi connectivity index (χ4n) is 1.98. The van der Waals surface area contributed by atoms with Crippen molar-refractivity contribution in [3.8, 4) is 0 Å². The van der Waals surface area contributed by atoms with E-state index < -0.39 is 18.6 Å². The van der Waals surface area contributed by atoms with Gasteiger partial charge in [0.2, 0.25) is 5.91 Å². The molecule has 1 aliphatic carbocycles. The summed E-state index contributed by atoms with van der Waals surface area (Å²) in [6.07, 6.45) is -2.43. The first kappa shape index (κ1) is 15.3. The molecule has 0 aliphatic heterocycles. The molecule has 0 aromatic carbocycles. The largest absolute Gasteiger partial charge is 0.406 e. The van der Waals surface area contributed by atoms with Gasteiger partial charge in [0.05, 0.1) is 0 Å². The van der Waals surface area contributed by atoms with Crippen molar-refractivity contribution in [1.29, 1.82) is 0 Å². The molecular formula is C12H21F3N2O. The number of carbonyl (C=O) groups is 1. The van der Waals surface area contributed by atoms with Crippen LogP contribution in [0.25, 0.3) is 0 Å².